The van der Waals surface area contributed by atoms with Gasteiger partial charge in [0.05, 0.1) is 18.8 Å². The van der Waals surface area contributed by atoms with E-state index in [4.69, 9.17) is 9.84 Å². The van der Waals surface area contributed by atoms with Crippen molar-refractivity contribution in [1.82, 2.24) is 34.3 Å². The highest BCUT2D eigenvalue weighted by Crippen LogP contribution is 2.44. The average molecular weight is 721 g/mol. The van der Waals surface area contributed by atoms with E-state index in [0.29, 0.717) is 76.2 Å². The molecule has 0 N–H and O–H groups in total. The molecule has 2 saturated heterocycles. The Balaban J connectivity index is 1.11. The number of alkyl halides is 2. The van der Waals surface area contributed by atoms with Gasteiger partial charge in [-0.05, 0) is 82.6 Å². The summed E-state index contributed by atoms with van der Waals surface area (Å²) in [4.78, 5) is 46.3. The molecule has 3 aromatic rings. The van der Waals surface area contributed by atoms with Gasteiger partial charge in [-0.1, -0.05) is 0 Å². The monoisotopic (exact) mass is 720 g/mol. The minimum absolute atomic E-state index is 0.00626. The molecule has 6 heterocycles. The van der Waals surface area contributed by atoms with Crippen molar-refractivity contribution in [2.75, 3.05) is 44.2 Å². The molecular formula is C38H50F2N8O4. The van der Waals surface area contributed by atoms with Crippen molar-refractivity contribution in [3.05, 3.63) is 46.9 Å². The summed E-state index contributed by atoms with van der Waals surface area (Å²) in [5, 5.41) is 9.47. The molecule has 52 heavy (non-hydrogen) atoms. The summed E-state index contributed by atoms with van der Waals surface area (Å²) in [6, 6.07) is 3.58. The third-order valence-corrected chi connectivity index (χ3v) is 11.0. The first-order valence-corrected chi connectivity index (χ1v) is 18.6. The SMILES string of the molecule is CC(=O)N1CCc2c(c(N3CCCc4cc(-c5cnn(C)c5)c(C(F)F)cc43)nn2C2CCN(C(=O)C3CCN(C(=O)OC(C)(C)C)CC3)CC2)C1. The van der Waals surface area contributed by atoms with E-state index in [0.717, 1.165) is 54.0 Å². The fourth-order valence-corrected chi connectivity index (χ4v) is 8.30. The number of ether oxygens (including phenoxy) is 1. The van der Waals surface area contributed by atoms with Crippen LogP contribution in [0.1, 0.15) is 94.7 Å². The molecule has 1 aromatic carbocycles. The smallest absolute Gasteiger partial charge is 0.410 e. The van der Waals surface area contributed by atoms with Gasteiger partial charge in [0.1, 0.15) is 5.60 Å². The van der Waals surface area contributed by atoms with Crippen molar-refractivity contribution in [3.63, 3.8) is 0 Å². The highest BCUT2D eigenvalue weighted by molar-refractivity contribution is 5.80. The van der Waals surface area contributed by atoms with Crippen molar-refractivity contribution in [1.29, 1.82) is 0 Å². The van der Waals surface area contributed by atoms with E-state index in [9.17, 15) is 23.2 Å². The number of halogens is 2. The molecule has 0 spiro atoms. The van der Waals surface area contributed by atoms with E-state index in [1.54, 1.807) is 42.0 Å². The van der Waals surface area contributed by atoms with E-state index < -0.39 is 12.0 Å². The number of carbonyl (C=O) groups is 3. The molecule has 0 unspecified atom stereocenters. The summed E-state index contributed by atoms with van der Waals surface area (Å²) >= 11 is 0. The summed E-state index contributed by atoms with van der Waals surface area (Å²) in [6.45, 7) is 11.0. The summed E-state index contributed by atoms with van der Waals surface area (Å²) in [7, 11) is 1.77. The number of anilines is 2. The van der Waals surface area contributed by atoms with Gasteiger partial charge >= 0.3 is 6.09 Å². The van der Waals surface area contributed by atoms with Gasteiger partial charge in [-0.25, -0.2) is 13.6 Å². The number of nitrogens with zero attached hydrogens (tertiary/aromatic N) is 8. The fraction of sp³-hybridized carbons (Fsp3) is 0.605. The van der Waals surface area contributed by atoms with Gasteiger partial charge in [-0.15, -0.1) is 0 Å². The maximum Gasteiger partial charge on any atom is 0.410 e. The average Bonchev–Trinajstić information content (AvgIpc) is 3.73. The third-order valence-electron chi connectivity index (χ3n) is 11.0. The molecule has 2 aromatic heterocycles. The minimum Gasteiger partial charge on any atom is -0.444 e. The zero-order chi connectivity index (χ0) is 36.9. The van der Waals surface area contributed by atoms with Gasteiger partial charge in [-0.2, -0.15) is 10.2 Å². The lowest BCUT2D eigenvalue weighted by Crippen LogP contribution is -2.47. The van der Waals surface area contributed by atoms with Crippen LogP contribution >= 0.6 is 0 Å². The predicted octanol–water partition coefficient (Wildman–Crippen LogP) is 6.02. The molecule has 0 saturated carbocycles. The first-order valence-electron chi connectivity index (χ1n) is 18.6. The Morgan fingerprint density at radius 3 is 2.27 bits per heavy atom. The summed E-state index contributed by atoms with van der Waals surface area (Å²) in [5.74, 6) is 0.751. The van der Waals surface area contributed by atoms with E-state index in [1.165, 1.54) is 0 Å². The highest BCUT2D eigenvalue weighted by Gasteiger charge is 2.37. The van der Waals surface area contributed by atoms with Crippen LogP contribution in [0, 0.1) is 5.92 Å². The number of hydrogen-bond acceptors (Lipinski definition) is 7. The molecule has 0 aliphatic carbocycles. The van der Waals surface area contributed by atoms with Crippen LogP contribution < -0.4 is 4.90 Å². The van der Waals surface area contributed by atoms with Gasteiger partial charge in [-0.3, -0.25) is 19.0 Å². The lowest BCUT2D eigenvalue weighted by molar-refractivity contribution is -0.138. The topological polar surface area (TPSA) is 109 Å². The van der Waals surface area contributed by atoms with E-state index >= 15 is 0 Å². The number of likely N-dealkylation sites (tertiary alicyclic amines) is 2. The van der Waals surface area contributed by atoms with Crippen LogP contribution in [-0.2, 0) is 40.8 Å². The number of rotatable bonds is 5. The van der Waals surface area contributed by atoms with Crippen LogP contribution in [0.2, 0.25) is 0 Å². The van der Waals surface area contributed by atoms with Crippen molar-refractivity contribution < 1.29 is 27.9 Å². The van der Waals surface area contributed by atoms with Crippen LogP contribution in [0.25, 0.3) is 11.1 Å². The Hall–Kier alpha value is -4.49. The third kappa shape index (κ3) is 7.12. The second kappa shape index (κ2) is 14.1. The summed E-state index contributed by atoms with van der Waals surface area (Å²) < 4.78 is 38.5. The lowest BCUT2D eigenvalue weighted by Gasteiger charge is -2.38. The number of carbonyl (C=O) groups excluding carboxylic acids is 3. The first-order chi connectivity index (χ1) is 24.8. The minimum atomic E-state index is -2.67. The predicted molar refractivity (Wildman–Crippen MR) is 191 cm³/mol. The Kier molecular flexibility index (Phi) is 9.77. The van der Waals surface area contributed by atoms with Crippen molar-refractivity contribution in [3.8, 4) is 11.1 Å². The van der Waals surface area contributed by atoms with Gasteiger partial charge in [0.25, 0.3) is 6.43 Å². The normalized spacial score (nSPS) is 18.8. The van der Waals surface area contributed by atoms with Crippen LogP contribution in [0.4, 0.5) is 25.1 Å². The molecule has 280 valence electrons. The second-order valence-corrected chi connectivity index (χ2v) is 15.7. The van der Waals surface area contributed by atoms with Crippen molar-refractivity contribution >= 4 is 29.4 Å². The van der Waals surface area contributed by atoms with Crippen LogP contribution in [0.5, 0.6) is 0 Å². The maximum atomic E-state index is 14.6. The number of aryl methyl sites for hydroxylation is 2. The summed E-state index contributed by atoms with van der Waals surface area (Å²) in [5.41, 5.74) is 4.34. The Morgan fingerprint density at radius 1 is 0.923 bits per heavy atom. The van der Waals surface area contributed by atoms with Gasteiger partial charge < -0.3 is 24.3 Å². The molecule has 3 amide bonds. The van der Waals surface area contributed by atoms with Crippen LogP contribution in [0.15, 0.2) is 24.5 Å². The second-order valence-electron chi connectivity index (χ2n) is 15.7. The zero-order valence-corrected chi connectivity index (χ0v) is 30.9. The Labute approximate surface area is 303 Å². The first kappa shape index (κ1) is 35.9. The van der Waals surface area contributed by atoms with E-state index in [2.05, 4.69) is 14.7 Å². The zero-order valence-electron chi connectivity index (χ0n) is 30.9. The number of benzene rings is 1. The number of amides is 3. The maximum absolute atomic E-state index is 14.6. The molecule has 0 atom stereocenters. The number of hydrogen-bond donors (Lipinski definition) is 0. The Morgan fingerprint density at radius 2 is 1.63 bits per heavy atom. The fourth-order valence-electron chi connectivity index (χ4n) is 8.30. The summed E-state index contributed by atoms with van der Waals surface area (Å²) in [6.07, 6.45) is 5.36. The molecule has 12 nitrogen and oxygen atoms in total. The van der Waals surface area contributed by atoms with E-state index in [-0.39, 0.29) is 35.4 Å². The van der Waals surface area contributed by atoms with Gasteiger partial charge in [0, 0.05) is 99.8 Å². The molecule has 4 aliphatic rings. The van der Waals surface area contributed by atoms with Crippen LogP contribution in [0.3, 0.4) is 0 Å². The molecule has 14 heteroatoms. The van der Waals surface area contributed by atoms with Crippen molar-refractivity contribution in [2.45, 2.75) is 97.3 Å². The quantitative estimate of drug-likeness (QED) is 0.317. The number of aromatic nitrogens is 4. The van der Waals surface area contributed by atoms with Crippen molar-refractivity contribution in [2.24, 2.45) is 13.0 Å². The van der Waals surface area contributed by atoms with E-state index in [1.807, 2.05) is 36.6 Å². The lowest BCUT2D eigenvalue weighted by atomic mass is 9.92. The molecule has 0 radical (unpaired) electrons. The molecule has 0 bridgehead atoms. The largest absolute Gasteiger partial charge is 0.444 e. The molecular weight excluding hydrogens is 670 g/mol. The van der Waals surface area contributed by atoms with Gasteiger partial charge in [0.2, 0.25) is 11.8 Å². The molecule has 2 fully saturated rings. The van der Waals surface area contributed by atoms with Gasteiger partial charge in [0.15, 0.2) is 5.82 Å². The number of piperidine rings is 2. The highest BCUT2D eigenvalue weighted by atomic mass is 19.3. The molecule has 4 aliphatic heterocycles. The Bertz CT molecular complexity index is 1830. The molecule has 7 rings (SSSR count). The number of fused-ring (bicyclic) bond motifs is 2. The standard InChI is InChI=1S/C38H50F2N8O4/c1-24(49)46-18-12-32-31(23-46)35(47-13-6-7-26-19-29(27-21-41-43(5)22-27)30(34(39)40)20-33(26)47)42-48(32)28-10-16-44(17-11-28)36(50)25-8-14-45(15-9-25)37(51)52-38(2,3)4/h19-22,25,28,34H,6-18,23H2,1-5H3. The van der Waals surface area contributed by atoms with Crippen LogP contribution in [-0.4, -0.2) is 97.0 Å².